The van der Waals surface area contributed by atoms with E-state index in [4.69, 9.17) is 0 Å². The number of aromatic hydroxyl groups is 1. The van der Waals surface area contributed by atoms with Crippen LogP contribution in [0.4, 0.5) is 17.3 Å². The summed E-state index contributed by atoms with van der Waals surface area (Å²) in [5.74, 6) is 0.483. The number of benzene rings is 3. The lowest BCUT2D eigenvalue weighted by Crippen LogP contribution is -2.19. The molecular formula is C28H29N5O2. The van der Waals surface area contributed by atoms with Gasteiger partial charge in [-0.1, -0.05) is 18.2 Å². The van der Waals surface area contributed by atoms with Crippen LogP contribution in [-0.4, -0.2) is 40.1 Å². The van der Waals surface area contributed by atoms with Crippen molar-refractivity contribution < 1.29 is 9.90 Å². The van der Waals surface area contributed by atoms with Crippen molar-refractivity contribution >= 4 is 34.1 Å². The standard InChI is InChI=1S/C28H29N5O2/c1-18(2)30-28-29-17-21-15-24(26(34)16-25(21)32-28)19-7-5-9-22(13-19)31-27(35)20-8-6-10-23(14-20)33-11-3-4-12-33/h5-10,13-18,34H,3-4,11-12H2,1-2H3,(H,31,35)(H,29,30,32). The average Bonchev–Trinajstić information content (AvgIpc) is 3.39. The molecule has 1 amide bonds. The fourth-order valence-corrected chi connectivity index (χ4v) is 4.41. The highest BCUT2D eigenvalue weighted by Gasteiger charge is 2.15. The van der Waals surface area contributed by atoms with Gasteiger partial charge < -0.3 is 20.6 Å². The molecule has 4 aromatic rings. The van der Waals surface area contributed by atoms with E-state index < -0.39 is 0 Å². The minimum atomic E-state index is -0.162. The number of fused-ring (bicyclic) bond motifs is 1. The Labute approximate surface area is 204 Å². The number of carbonyl (C=O) groups is 1. The third kappa shape index (κ3) is 5.04. The summed E-state index contributed by atoms with van der Waals surface area (Å²) in [7, 11) is 0. The van der Waals surface area contributed by atoms with Gasteiger partial charge in [0.1, 0.15) is 5.75 Å². The summed E-state index contributed by atoms with van der Waals surface area (Å²) in [4.78, 5) is 24.2. The Kier molecular flexibility index (Phi) is 6.23. The lowest BCUT2D eigenvalue weighted by molar-refractivity contribution is 0.102. The predicted molar refractivity (Wildman–Crippen MR) is 141 cm³/mol. The molecule has 1 aromatic heterocycles. The fourth-order valence-electron chi connectivity index (χ4n) is 4.41. The van der Waals surface area contributed by atoms with Gasteiger partial charge in [-0.3, -0.25) is 4.79 Å². The van der Waals surface area contributed by atoms with Gasteiger partial charge in [-0.05, 0) is 68.7 Å². The van der Waals surface area contributed by atoms with E-state index in [2.05, 4.69) is 31.6 Å². The van der Waals surface area contributed by atoms with Crippen molar-refractivity contribution in [2.24, 2.45) is 0 Å². The number of carbonyl (C=O) groups excluding carboxylic acids is 1. The number of hydrogen-bond acceptors (Lipinski definition) is 6. The van der Waals surface area contributed by atoms with Gasteiger partial charge in [0.25, 0.3) is 5.91 Å². The Balaban J connectivity index is 1.38. The molecule has 35 heavy (non-hydrogen) atoms. The monoisotopic (exact) mass is 467 g/mol. The Morgan fingerprint density at radius 1 is 1.03 bits per heavy atom. The molecule has 3 N–H and O–H groups in total. The van der Waals surface area contributed by atoms with E-state index in [0.717, 1.165) is 29.7 Å². The van der Waals surface area contributed by atoms with Crippen molar-refractivity contribution in [3.05, 3.63) is 72.4 Å². The Morgan fingerprint density at radius 3 is 2.63 bits per heavy atom. The number of nitrogens with one attached hydrogen (secondary N) is 2. The van der Waals surface area contributed by atoms with Gasteiger partial charge in [0.15, 0.2) is 0 Å². The average molecular weight is 468 g/mol. The Hall–Kier alpha value is -4.13. The highest BCUT2D eigenvalue weighted by atomic mass is 16.3. The molecule has 0 unspecified atom stereocenters. The predicted octanol–water partition coefficient (Wildman–Crippen LogP) is 5.68. The first kappa shape index (κ1) is 22.7. The quantitative estimate of drug-likeness (QED) is 0.338. The van der Waals surface area contributed by atoms with Crippen molar-refractivity contribution in [3.63, 3.8) is 0 Å². The van der Waals surface area contributed by atoms with Crippen LogP contribution in [0.3, 0.4) is 0 Å². The van der Waals surface area contributed by atoms with E-state index in [1.54, 1.807) is 12.3 Å². The first-order valence-electron chi connectivity index (χ1n) is 12.0. The minimum absolute atomic E-state index is 0.119. The van der Waals surface area contributed by atoms with Crippen molar-refractivity contribution in [3.8, 4) is 16.9 Å². The van der Waals surface area contributed by atoms with Crippen LogP contribution in [0.25, 0.3) is 22.0 Å². The summed E-state index contributed by atoms with van der Waals surface area (Å²) in [5, 5.41) is 17.7. The molecule has 2 heterocycles. The molecule has 7 nitrogen and oxygen atoms in total. The maximum absolute atomic E-state index is 13.0. The van der Waals surface area contributed by atoms with Crippen LogP contribution in [0, 0.1) is 0 Å². The molecule has 1 aliphatic rings. The zero-order chi connectivity index (χ0) is 24.4. The van der Waals surface area contributed by atoms with Crippen LogP contribution in [0.15, 0.2) is 66.9 Å². The molecule has 0 spiro atoms. The number of phenolic OH excluding ortho intramolecular Hbond substituents is 1. The molecular weight excluding hydrogens is 438 g/mol. The number of anilines is 3. The SMILES string of the molecule is CC(C)Nc1ncc2cc(-c3cccc(NC(=O)c4cccc(N5CCCC5)c4)c3)c(O)cc2n1. The molecule has 1 fully saturated rings. The molecule has 1 aliphatic heterocycles. The largest absolute Gasteiger partial charge is 0.507 e. The van der Waals surface area contributed by atoms with E-state index in [-0.39, 0.29) is 17.7 Å². The maximum atomic E-state index is 13.0. The maximum Gasteiger partial charge on any atom is 0.255 e. The molecule has 0 radical (unpaired) electrons. The van der Waals surface area contributed by atoms with Crippen LogP contribution in [0.2, 0.25) is 0 Å². The lowest BCUT2D eigenvalue weighted by atomic mass is 10.0. The zero-order valence-electron chi connectivity index (χ0n) is 20.0. The van der Waals surface area contributed by atoms with Crippen LogP contribution in [0.1, 0.15) is 37.0 Å². The molecule has 178 valence electrons. The molecule has 7 heteroatoms. The number of hydrogen-bond donors (Lipinski definition) is 3. The van der Waals surface area contributed by atoms with Gasteiger partial charge in [-0.2, -0.15) is 0 Å². The zero-order valence-corrected chi connectivity index (χ0v) is 20.0. The first-order chi connectivity index (χ1) is 17.0. The Bertz CT molecular complexity index is 1380. The van der Waals surface area contributed by atoms with Crippen molar-refractivity contribution in [2.45, 2.75) is 32.7 Å². The Morgan fingerprint density at radius 2 is 1.83 bits per heavy atom. The van der Waals surface area contributed by atoms with Gasteiger partial charge in [0.05, 0.1) is 5.52 Å². The van der Waals surface area contributed by atoms with Gasteiger partial charge in [-0.15, -0.1) is 0 Å². The summed E-state index contributed by atoms with van der Waals surface area (Å²) < 4.78 is 0. The van der Waals surface area contributed by atoms with E-state index in [1.165, 1.54) is 12.8 Å². The smallest absolute Gasteiger partial charge is 0.255 e. The number of phenols is 1. The first-order valence-corrected chi connectivity index (χ1v) is 12.0. The molecule has 0 saturated carbocycles. The van der Waals surface area contributed by atoms with Gasteiger partial charge in [-0.25, -0.2) is 9.97 Å². The molecule has 0 bridgehead atoms. The molecule has 0 atom stereocenters. The topological polar surface area (TPSA) is 90.4 Å². The van der Waals surface area contributed by atoms with Crippen molar-refractivity contribution in [1.29, 1.82) is 0 Å². The molecule has 0 aliphatic carbocycles. The minimum Gasteiger partial charge on any atom is -0.507 e. The summed E-state index contributed by atoms with van der Waals surface area (Å²) in [6.07, 6.45) is 4.12. The van der Waals surface area contributed by atoms with Gasteiger partial charge >= 0.3 is 0 Å². The van der Waals surface area contributed by atoms with Crippen LogP contribution in [0.5, 0.6) is 5.75 Å². The van der Waals surface area contributed by atoms with E-state index in [9.17, 15) is 9.90 Å². The van der Waals surface area contributed by atoms with E-state index in [1.807, 2.05) is 62.4 Å². The van der Waals surface area contributed by atoms with Crippen molar-refractivity contribution in [2.75, 3.05) is 28.6 Å². The van der Waals surface area contributed by atoms with Crippen LogP contribution < -0.4 is 15.5 Å². The van der Waals surface area contributed by atoms with Crippen LogP contribution >= 0.6 is 0 Å². The summed E-state index contributed by atoms with van der Waals surface area (Å²) in [6.45, 7) is 6.10. The number of rotatable bonds is 6. The second kappa shape index (κ2) is 9.62. The summed E-state index contributed by atoms with van der Waals surface area (Å²) >= 11 is 0. The third-order valence-corrected chi connectivity index (χ3v) is 6.13. The van der Waals surface area contributed by atoms with E-state index in [0.29, 0.717) is 28.3 Å². The van der Waals surface area contributed by atoms with E-state index >= 15 is 0 Å². The molecule has 3 aromatic carbocycles. The number of aromatic nitrogens is 2. The molecule has 5 rings (SSSR count). The van der Waals surface area contributed by atoms with Crippen LogP contribution in [-0.2, 0) is 0 Å². The van der Waals surface area contributed by atoms with Gasteiger partial charge in [0, 0.05) is 59.3 Å². The summed E-state index contributed by atoms with van der Waals surface area (Å²) in [5.41, 5.74) is 4.46. The fraction of sp³-hybridized carbons (Fsp3) is 0.250. The number of amides is 1. The third-order valence-electron chi connectivity index (χ3n) is 6.13. The summed E-state index contributed by atoms with van der Waals surface area (Å²) in [6, 6.07) is 18.9. The molecule has 1 saturated heterocycles. The normalized spacial score (nSPS) is 13.4. The van der Waals surface area contributed by atoms with Gasteiger partial charge in [0.2, 0.25) is 5.95 Å². The number of nitrogens with zero attached hydrogens (tertiary/aromatic N) is 3. The second-order valence-electron chi connectivity index (χ2n) is 9.20. The lowest BCUT2D eigenvalue weighted by Gasteiger charge is -2.18. The second-order valence-corrected chi connectivity index (χ2v) is 9.20. The highest BCUT2D eigenvalue weighted by molar-refractivity contribution is 6.05. The highest BCUT2D eigenvalue weighted by Crippen LogP contribution is 2.34. The van der Waals surface area contributed by atoms with Crippen molar-refractivity contribution in [1.82, 2.24) is 9.97 Å².